The minimum atomic E-state index is -0.254. The molecule has 0 aromatic carbocycles. The van der Waals surface area contributed by atoms with Crippen LogP contribution in [-0.2, 0) is 6.42 Å². The molecule has 0 spiro atoms. The van der Waals surface area contributed by atoms with Crippen LogP contribution in [0.4, 0.5) is 0 Å². The molecule has 7 nitrogen and oxygen atoms in total. The minimum absolute atomic E-state index is 0.220. The summed E-state index contributed by atoms with van der Waals surface area (Å²) in [5, 5.41) is 2.87. The predicted molar refractivity (Wildman–Crippen MR) is 107 cm³/mol. The molecule has 0 saturated carbocycles. The van der Waals surface area contributed by atoms with E-state index in [2.05, 4.69) is 22.2 Å². The van der Waals surface area contributed by atoms with Gasteiger partial charge in [0.2, 0.25) is 5.82 Å². The summed E-state index contributed by atoms with van der Waals surface area (Å²) < 4.78 is 1.68. The molecule has 3 aromatic rings. The first-order valence-corrected chi connectivity index (χ1v) is 9.51. The summed E-state index contributed by atoms with van der Waals surface area (Å²) in [4.78, 5) is 35.5. The number of nitrogens with one attached hydrogen (secondary N) is 1. The van der Waals surface area contributed by atoms with Gasteiger partial charge in [0.05, 0.1) is 5.52 Å². The van der Waals surface area contributed by atoms with Crippen LogP contribution < -0.4 is 5.32 Å². The van der Waals surface area contributed by atoms with E-state index < -0.39 is 0 Å². The summed E-state index contributed by atoms with van der Waals surface area (Å²) in [5.74, 6) is -0.230. The number of rotatable bonds is 8. The Bertz CT molecular complexity index is 952. The Morgan fingerprint density at radius 1 is 1.18 bits per heavy atom. The molecule has 0 bridgehead atoms. The Hall–Kier alpha value is -3.22. The highest BCUT2D eigenvalue weighted by Gasteiger charge is 2.23. The lowest BCUT2D eigenvalue weighted by Crippen LogP contribution is -2.30. The van der Waals surface area contributed by atoms with Gasteiger partial charge in [0.1, 0.15) is 0 Å². The largest absolute Gasteiger partial charge is 0.351 e. The summed E-state index contributed by atoms with van der Waals surface area (Å²) in [6.07, 6.45) is 7.86. The molecular formula is C21H25N5O2. The number of nitrogens with zero attached hydrogens (tertiary/aromatic N) is 4. The molecule has 0 atom stereocenters. The van der Waals surface area contributed by atoms with Crippen LogP contribution in [0.25, 0.3) is 5.52 Å². The third-order valence-corrected chi connectivity index (χ3v) is 4.60. The van der Waals surface area contributed by atoms with Crippen LogP contribution in [0, 0.1) is 0 Å². The third-order valence-electron chi connectivity index (χ3n) is 4.60. The first-order chi connectivity index (χ1) is 13.6. The zero-order valence-corrected chi connectivity index (χ0v) is 16.3. The summed E-state index contributed by atoms with van der Waals surface area (Å²) in [6, 6.07) is 9.32. The topological polar surface area (TPSA) is 79.6 Å². The number of unbranched alkanes of at least 4 members (excludes halogenated alkanes) is 1. The lowest BCUT2D eigenvalue weighted by molar-refractivity contribution is 0.0784. The summed E-state index contributed by atoms with van der Waals surface area (Å²) in [7, 11) is 1.74. The number of carbonyl (C=O) groups is 2. The second-order valence-corrected chi connectivity index (χ2v) is 6.68. The van der Waals surface area contributed by atoms with Crippen molar-refractivity contribution in [2.45, 2.75) is 26.2 Å². The second kappa shape index (κ2) is 9.12. The van der Waals surface area contributed by atoms with Crippen LogP contribution in [-0.4, -0.2) is 51.2 Å². The van der Waals surface area contributed by atoms with E-state index in [-0.39, 0.29) is 23.3 Å². The van der Waals surface area contributed by atoms with Crippen LogP contribution in [0.5, 0.6) is 0 Å². The molecule has 0 radical (unpaired) electrons. The minimum Gasteiger partial charge on any atom is -0.351 e. The highest BCUT2D eigenvalue weighted by molar-refractivity contribution is 6.02. The standard InChI is InChI=1S/C21H25N5O2/c1-3-4-11-23-20(27)18-17-7-5-6-14-26(17)19(24-18)21(28)25(2)15-10-16-8-12-22-13-9-16/h5-9,12-14H,3-4,10-11,15H2,1-2H3,(H,23,27). The van der Waals surface area contributed by atoms with E-state index in [0.717, 1.165) is 24.8 Å². The molecule has 0 aliphatic heterocycles. The molecule has 3 aromatic heterocycles. The van der Waals surface area contributed by atoms with Gasteiger partial charge in [0.15, 0.2) is 5.69 Å². The maximum absolute atomic E-state index is 13.0. The van der Waals surface area contributed by atoms with Gasteiger partial charge in [-0.15, -0.1) is 0 Å². The molecule has 2 amide bonds. The molecule has 1 N–H and O–H groups in total. The molecule has 0 aliphatic rings. The van der Waals surface area contributed by atoms with Gasteiger partial charge in [0, 0.05) is 38.7 Å². The molecular weight excluding hydrogens is 354 g/mol. The van der Waals surface area contributed by atoms with Gasteiger partial charge in [-0.25, -0.2) is 4.98 Å². The third kappa shape index (κ3) is 4.36. The van der Waals surface area contributed by atoms with Crippen LogP contribution in [0.15, 0.2) is 48.9 Å². The maximum Gasteiger partial charge on any atom is 0.290 e. The van der Waals surface area contributed by atoms with E-state index in [4.69, 9.17) is 0 Å². The fourth-order valence-corrected chi connectivity index (χ4v) is 2.94. The first-order valence-electron chi connectivity index (χ1n) is 9.51. The average molecular weight is 379 g/mol. The molecule has 28 heavy (non-hydrogen) atoms. The Labute approximate surface area is 164 Å². The van der Waals surface area contributed by atoms with E-state index >= 15 is 0 Å². The Balaban J connectivity index is 1.79. The van der Waals surface area contributed by atoms with Crippen molar-refractivity contribution in [2.24, 2.45) is 0 Å². The molecule has 3 heterocycles. The SMILES string of the molecule is CCCCNC(=O)c1nc(C(=O)N(C)CCc2ccncc2)n2ccccc12. The Morgan fingerprint density at radius 2 is 1.96 bits per heavy atom. The van der Waals surface area contributed by atoms with Crippen LogP contribution >= 0.6 is 0 Å². The highest BCUT2D eigenvalue weighted by Crippen LogP contribution is 2.15. The number of hydrogen-bond acceptors (Lipinski definition) is 4. The lowest BCUT2D eigenvalue weighted by atomic mass is 10.2. The molecule has 0 fully saturated rings. The maximum atomic E-state index is 13.0. The summed E-state index contributed by atoms with van der Waals surface area (Å²) in [5.41, 5.74) is 2.02. The van der Waals surface area contributed by atoms with Crippen molar-refractivity contribution in [2.75, 3.05) is 20.1 Å². The quantitative estimate of drug-likeness (QED) is 0.610. The molecule has 0 saturated heterocycles. The number of carbonyl (C=O) groups excluding carboxylic acids is 2. The van der Waals surface area contributed by atoms with Gasteiger partial charge >= 0.3 is 0 Å². The van der Waals surface area contributed by atoms with E-state index in [0.29, 0.717) is 18.6 Å². The van der Waals surface area contributed by atoms with Crippen LogP contribution in [0.3, 0.4) is 0 Å². The number of likely N-dealkylation sites (N-methyl/N-ethyl adjacent to an activating group) is 1. The van der Waals surface area contributed by atoms with Crippen LogP contribution in [0.1, 0.15) is 46.4 Å². The normalized spacial score (nSPS) is 10.8. The smallest absolute Gasteiger partial charge is 0.290 e. The number of aromatic nitrogens is 3. The fourth-order valence-electron chi connectivity index (χ4n) is 2.94. The second-order valence-electron chi connectivity index (χ2n) is 6.68. The van der Waals surface area contributed by atoms with Gasteiger partial charge in [-0.05, 0) is 42.7 Å². The van der Waals surface area contributed by atoms with Crippen molar-refractivity contribution in [1.82, 2.24) is 24.6 Å². The number of amides is 2. The van der Waals surface area contributed by atoms with Crippen molar-refractivity contribution in [3.05, 3.63) is 66.0 Å². The van der Waals surface area contributed by atoms with E-state index in [1.54, 1.807) is 41.0 Å². The number of pyridine rings is 2. The fraction of sp³-hybridized carbons (Fsp3) is 0.333. The molecule has 7 heteroatoms. The number of hydrogen-bond donors (Lipinski definition) is 1. The van der Waals surface area contributed by atoms with Gasteiger partial charge in [-0.2, -0.15) is 0 Å². The summed E-state index contributed by atoms with van der Waals surface area (Å²) in [6.45, 7) is 3.20. The van der Waals surface area contributed by atoms with Gasteiger partial charge < -0.3 is 10.2 Å². The molecule has 3 rings (SSSR count). The van der Waals surface area contributed by atoms with E-state index in [1.165, 1.54) is 0 Å². The van der Waals surface area contributed by atoms with Gasteiger partial charge in [-0.3, -0.25) is 19.0 Å². The monoisotopic (exact) mass is 379 g/mol. The number of fused-ring (bicyclic) bond motifs is 1. The molecule has 0 unspecified atom stereocenters. The zero-order valence-electron chi connectivity index (χ0n) is 16.3. The zero-order chi connectivity index (χ0) is 19.9. The van der Waals surface area contributed by atoms with Crippen molar-refractivity contribution in [1.29, 1.82) is 0 Å². The van der Waals surface area contributed by atoms with Crippen molar-refractivity contribution in [3.8, 4) is 0 Å². The molecule has 0 aliphatic carbocycles. The van der Waals surface area contributed by atoms with E-state index in [9.17, 15) is 9.59 Å². The number of imidazole rings is 1. The van der Waals surface area contributed by atoms with Crippen LogP contribution in [0.2, 0.25) is 0 Å². The predicted octanol–water partition coefficient (Wildman–Crippen LogP) is 2.57. The first kappa shape index (κ1) is 19.5. The van der Waals surface area contributed by atoms with Crippen molar-refractivity contribution < 1.29 is 9.59 Å². The van der Waals surface area contributed by atoms with E-state index in [1.807, 2.05) is 24.3 Å². The van der Waals surface area contributed by atoms with Gasteiger partial charge in [0.25, 0.3) is 11.8 Å². The average Bonchev–Trinajstić information content (AvgIpc) is 3.12. The van der Waals surface area contributed by atoms with Crippen molar-refractivity contribution >= 4 is 17.3 Å². The summed E-state index contributed by atoms with van der Waals surface area (Å²) >= 11 is 0. The Morgan fingerprint density at radius 3 is 2.71 bits per heavy atom. The van der Waals surface area contributed by atoms with Gasteiger partial charge in [-0.1, -0.05) is 19.4 Å². The lowest BCUT2D eigenvalue weighted by Gasteiger charge is -2.16. The Kier molecular flexibility index (Phi) is 6.37. The van der Waals surface area contributed by atoms with Crippen molar-refractivity contribution in [3.63, 3.8) is 0 Å². The highest BCUT2D eigenvalue weighted by atomic mass is 16.2. The molecule has 146 valence electrons.